The molecule has 0 atom stereocenters. The number of rotatable bonds is 9. The molecule has 0 radical (unpaired) electrons. The first-order chi connectivity index (χ1) is 9.96. The molecule has 0 heteroatoms. The van der Waals surface area contributed by atoms with Crippen LogP contribution in [0.3, 0.4) is 0 Å². The Morgan fingerprint density at radius 1 is 0.762 bits per heavy atom. The maximum Gasteiger partial charge on any atom is -0.0161 e. The van der Waals surface area contributed by atoms with E-state index in [0.717, 1.165) is 11.8 Å². The summed E-state index contributed by atoms with van der Waals surface area (Å²) in [6, 6.07) is 6.78. The van der Waals surface area contributed by atoms with Crippen LogP contribution in [-0.2, 0) is 0 Å². The molecule has 1 aromatic rings. The fourth-order valence-corrected chi connectivity index (χ4v) is 2.72. The summed E-state index contributed by atoms with van der Waals surface area (Å²) >= 11 is 0. The Labute approximate surface area is 132 Å². The van der Waals surface area contributed by atoms with Gasteiger partial charge in [-0.2, -0.15) is 0 Å². The van der Waals surface area contributed by atoms with Crippen molar-refractivity contribution in [1.29, 1.82) is 0 Å². The van der Waals surface area contributed by atoms with E-state index in [9.17, 15) is 0 Å². The maximum atomic E-state index is 3.92. The quantitative estimate of drug-likeness (QED) is 0.461. The molecule has 0 aromatic heterocycles. The highest BCUT2D eigenvalue weighted by atomic mass is 14.2. The van der Waals surface area contributed by atoms with E-state index in [-0.39, 0.29) is 0 Å². The minimum absolute atomic E-state index is 0.661. The topological polar surface area (TPSA) is 0 Å². The van der Waals surface area contributed by atoms with Gasteiger partial charge >= 0.3 is 0 Å². The van der Waals surface area contributed by atoms with Crippen molar-refractivity contribution in [2.45, 2.75) is 59.3 Å². The zero-order valence-electron chi connectivity index (χ0n) is 14.4. The molecule has 1 rings (SSSR count). The summed E-state index contributed by atoms with van der Waals surface area (Å²) in [6.45, 7) is 17.1. The van der Waals surface area contributed by atoms with E-state index in [1.807, 2.05) is 12.2 Å². The third-order valence-corrected chi connectivity index (χ3v) is 4.13. The van der Waals surface area contributed by atoms with Gasteiger partial charge in [-0.05, 0) is 53.4 Å². The van der Waals surface area contributed by atoms with Gasteiger partial charge in [-0.1, -0.05) is 78.0 Å². The Kier molecular flexibility index (Phi) is 7.50. The molecule has 21 heavy (non-hydrogen) atoms. The highest BCUT2D eigenvalue weighted by molar-refractivity contribution is 5.58. The number of hydrogen-bond acceptors (Lipinski definition) is 0. The van der Waals surface area contributed by atoms with Crippen LogP contribution >= 0.6 is 0 Å². The monoisotopic (exact) mass is 284 g/mol. The molecule has 0 nitrogen and oxygen atoms in total. The van der Waals surface area contributed by atoms with E-state index in [1.165, 1.54) is 42.4 Å². The molecular formula is C21H32. The Morgan fingerprint density at radius 3 is 1.52 bits per heavy atom. The molecule has 0 spiro atoms. The molecule has 0 aliphatic rings. The summed E-state index contributed by atoms with van der Waals surface area (Å²) in [6.07, 6.45) is 9.04. The molecule has 0 aliphatic carbocycles. The SMILES string of the molecule is C=Cc1cc(C=C)cc(C(CCC(C)C)CCC(C)C)c1. The number of benzene rings is 1. The van der Waals surface area contributed by atoms with Crippen LogP contribution in [-0.4, -0.2) is 0 Å². The van der Waals surface area contributed by atoms with E-state index >= 15 is 0 Å². The number of hydrogen-bond donors (Lipinski definition) is 0. The van der Waals surface area contributed by atoms with Crippen LogP contribution in [0.25, 0.3) is 12.2 Å². The zero-order valence-corrected chi connectivity index (χ0v) is 14.4. The lowest BCUT2D eigenvalue weighted by Gasteiger charge is -2.21. The van der Waals surface area contributed by atoms with Gasteiger partial charge in [0.1, 0.15) is 0 Å². The van der Waals surface area contributed by atoms with Crippen molar-refractivity contribution in [2.75, 3.05) is 0 Å². The molecule has 0 saturated heterocycles. The minimum Gasteiger partial charge on any atom is -0.0985 e. The predicted octanol–water partition coefficient (Wildman–Crippen LogP) is 6.93. The fraction of sp³-hybridized carbons (Fsp3) is 0.524. The Balaban J connectivity index is 2.98. The fourth-order valence-electron chi connectivity index (χ4n) is 2.72. The second-order valence-electron chi connectivity index (χ2n) is 6.98. The lowest BCUT2D eigenvalue weighted by atomic mass is 9.84. The molecule has 0 unspecified atom stereocenters. The summed E-state index contributed by atoms with van der Waals surface area (Å²) in [5, 5.41) is 0. The molecule has 0 N–H and O–H groups in total. The van der Waals surface area contributed by atoms with Crippen molar-refractivity contribution in [3.63, 3.8) is 0 Å². The van der Waals surface area contributed by atoms with Crippen LogP contribution < -0.4 is 0 Å². The first-order valence-electron chi connectivity index (χ1n) is 8.36. The highest BCUT2D eigenvalue weighted by Gasteiger charge is 2.14. The van der Waals surface area contributed by atoms with Crippen LogP contribution in [0.1, 0.15) is 76.0 Å². The van der Waals surface area contributed by atoms with Crippen molar-refractivity contribution in [3.8, 4) is 0 Å². The summed E-state index contributed by atoms with van der Waals surface area (Å²) in [4.78, 5) is 0. The van der Waals surface area contributed by atoms with Gasteiger partial charge in [0.25, 0.3) is 0 Å². The van der Waals surface area contributed by atoms with E-state index < -0.39 is 0 Å². The molecule has 0 saturated carbocycles. The van der Waals surface area contributed by atoms with Crippen molar-refractivity contribution in [2.24, 2.45) is 11.8 Å². The summed E-state index contributed by atoms with van der Waals surface area (Å²) < 4.78 is 0. The third kappa shape index (κ3) is 6.33. The molecular weight excluding hydrogens is 252 g/mol. The lowest BCUT2D eigenvalue weighted by molar-refractivity contribution is 0.441. The molecule has 0 bridgehead atoms. The van der Waals surface area contributed by atoms with Crippen LogP contribution in [0.4, 0.5) is 0 Å². The van der Waals surface area contributed by atoms with Gasteiger partial charge in [-0.25, -0.2) is 0 Å². The molecule has 0 fully saturated rings. The average molecular weight is 284 g/mol. The molecule has 0 amide bonds. The van der Waals surface area contributed by atoms with Crippen molar-refractivity contribution >= 4 is 12.2 Å². The van der Waals surface area contributed by atoms with Gasteiger partial charge in [0.2, 0.25) is 0 Å². The standard InChI is InChI=1S/C21H32/c1-7-18-13-19(8-2)15-21(14-18)20(11-9-16(3)4)12-10-17(5)6/h7-8,13-17,20H,1-2,9-12H2,3-6H3. The molecule has 1 aromatic carbocycles. The van der Waals surface area contributed by atoms with Gasteiger partial charge in [0.05, 0.1) is 0 Å². The first kappa shape index (κ1) is 17.8. The smallest absolute Gasteiger partial charge is 0.0161 e. The minimum atomic E-state index is 0.661. The largest absolute Gasteiger partial charge is 0.0985 e. The van der Waals surface area contributed by atoms with Crippen molar-refractivity contribution in [3.05, 3.63) is 48.0 Å². The molecule has 0 aliphatic heterocycles. The molecule has 0 heterocycles. The van der Waals surface area contributed by atoms with Gasteiger partial charge in [-0.3, -0.25) is 0 Å². The van der Waals surface area contributed by atoms with Crippen LogP contribution in [0.2, 0.25) is 0 Å². The van der Waals surface area contributed by atoms with Crippen molar-refractivity contribution in [1.82, 2.24) is 0 Å². The van der Waals surface area contributed by atoms with E-state index in [4.69, 9.17) is 0 Å². The van der Waals surface area contributed by atoms with Gasteiger partial charge in [0.15, 0.2) is 0 Å². The maximum absolute atomic E-state index is 3.92. The van der Waals surface area contributed by atoms with Crippen molar-refractivity contribution < 1.29 is 0 Å². The zero-order chi connectivity index (χ0) is 15.8. The van der Waals surface area contributed by atoms with Gasteiger partial charge < -0.3 is 0 Å². The van der Waals surface area contributed by atoms with E-state index in [1.54, 1.807) is 0 Å². The van der Waals surface area contributed by atoms with Crippen LogP contribution in [0, 0.1) is 11.8 Å². The lowest BCUT2D eigenvalue weighted by Crippen LogP contribution is -2.04. The van der Waals surface area contributed by atoms with E-state index in [2.05, 4.69) is 59.1 Å². The summed E-state index contributed by atoms with van der Waals surface area (Å²) in [7, 11) is 0. The van der Waals surface area contributed by atoms with Crippen LogP contribution in [0.5, 0.6) is 0 Å². The Morgan fingerprint density at radius 2 is 1.19 bits per heavy atom. The summed E-state index contributed by atoms with van der Waals surface area (Å²) in [5.41, 5.74) is 3.88. The van der Waals surface area contributed by atoms with Gasteiger partial charge in [0, 0.05) is 0 Å². The Bertz CT molecular complexity index is 413. The normalized spacial score (nSPS) is 11.4. The summed E-state index contributed by atoms with van der Waals surface area (Å²) in [5.74, 6) is 2.20. The molecule has 116 valence electrons. The van der Waals surface area contributed by atoms with Gasteiger partial charge in [-0.15, -0.1) is 0 Å². The third-order valence-electron chi connectivity index (χ3n) is 4.13. The Hall–Kier alpha value is -1.30. The second-order valence-corrected chi connectivity index (χ2v) is 6.98. The average Bonchev–Trinajstić information content (AvgIpc) is 2.46. The second kappa shape index (κ2) is 8.87. The predicted molar refractivity (Wildman–Crippen MR) is 97.5 cm³/mol. The van der Waals surface area contributed by atoms with Crippen LogP contribution in [0.15, 0.2) is 31.4 Å². The highest BCUT2D eigenvalue weighted by Crippen LogP contribution is 2.31. The van der Waals surface area contributed by atoms with E-state index in [0.29, 0.717) is 5.92 Å². The first-order valence-corrected chi connectivity index (χ1v) is 8.36.